The van der Waals surface area contributed by atoms with E-state index in [-0.39, 0.29) is 22.1 Å². The van der Waals surface area contributed by atoms with E-state index in [1.165, 1.54) is 12.1 Å². The molecule has 132 valence electrons. The molecule has 10 heteroatoms. The number of ether oxygens (including phenoxy) is 1. The largest absolute Gasteiger partial charge is 0.451 e. The van der Waals surface area contributed by atoms with E-state index in [1.807, 2.05) is 0 Å². The molecule has 0 aliphatic heterocycles. The minimum atomic E-state index is -0.775. The highest BCUT2D eigenvalue weighted by molar-refractivity contribution is 6.33. The van der Waals surface area contributed by atoms with Gasteiger partial charge >= 0.3 is 5.97 Å². The molecule has 2 aromatic carbocycles. The number of nitro groups is 1. The lowest BCUT2D eigenvalue weighted by molar-refractivity contribution is -0.384. The fraction of sp³-hybridized carbons (Fsp3) is 0.0625. The minimum Gasteiger partial charge on any atom is -0.451 e. The van der Waals surface area contributed by atoms with Crippen molar-refractivity contribution in [3.05, 3.63) is 63.3 Å². The summed E-state index contributed by atoms with van der Waals surface area (Å²) >= 11 is 5.90. The summed E-state index contributed by atoms with van der Waals surface area (Å²) in [6, 6.07) is 10.6. The van der Waals surface area contributed by atoms with E-state index in [0.717, 1.165) is 6.07 Å². The van der Waals surface area contributed by atoms with Crippen LogP contribution in [0.25, 0.3) is 10.9 Å². The molecule has 3 aromatic rings. The van der Waals surface area contributed by atoms with Crippen LogP contribution < -0.4 is 5.32 Å². The molecule has 0 fully saturated rings. The van der Waals surface area contributed by atoms with Crippen molar-refractivity contribution in [2.45, 2.75) is 0 Å². The third kappa shape index (κ3) is 3.62. The number of non-ortho nitro benzene ring substituents is 1. The molecule has 1 aromatic heterocycles. The smallest absolute Gasteiger partial charge is 0.359 e. The molecule has 0 radical (unpaired) electrons. The number of rotatable bonds is 5. The van der Waals surface area contributed by atoms with Gasteiger partial charge in [0.25, 0.3) is 11.6 Å². The van der Waals surface area contributed by atoms with Gasteiger partial charge < -0.3 is 10.1 Å². The number of anilines is 1. The molecule has 0 aliphatic carbocycles. The first-order valence-electron chi connectivity index (χ1n) is 7.29. The average molecular weight is 375 g/mol. The Bertz CT molecular complexity index is 1020. The summed E-state index contributed by atoms with van der Waals surface area (Å²) in [6.07, 6.45) is 0. The van der Waals surface area contributed by atoms with E-state index < -0.39 is 23.4 Å². The summed E-state index contributed by atoms with van der Waals surface area (Å²) in [7, 11) is 0. The first-order chi connectivity index (χ1) is 12.5. The first-order valence-corrected chi connectivity index (χ1v) is 7.67. The van der Waals surface area contributed by atoms with Gasteiger partial charge in [-0.15, -0.1) is 0 Å². The standard InChI is InChI=1S/C16H11ClN4O5/c17-11-6-5-9(21(24)25)7-13(11)18-14(22)8-26-16(23)15-10-3-1-2-4-12(10)19-20-15/h1-7H,8H2,(H,18,22)(H,19,20). The van der Waals surface area contributed by atoms with E-state index >= 15 is 0 Å². The molecule has 0 atom stereocenters. The van der Waals surface area contributed by atoms with Crippen molar-refractivity contribution in [1.82, 2.24) is 10.2 Å². The van der Waals surface area contributed by atoms with E-state index in [0.29, 0.717) is 10.9 Å². The molecular weight excluding hydrogens is 364 g/mol. The van der Waals surface area contributed by atoms with Crippen LogP contribution in [0.3, 0.4) is 0 Å². The Kier molecular flexibility index (Phi) is 4.81. The van der Waals surface area contributed by atoms with Crippen molar-refractivity contribution in [2.24, 2.45) is 0 Å². The van der Waals surface area contributed by atoms with Gasteiger partial charge in [-0.25, -0.2) is 4.79 Å². The van der Waals surface area contributed by atoms with Gasteiger partial charge in [0.2, 0.25) is 0 Å². The minimum absolute atomic E-state index is 0.0483. The van der Waals surface area contributed by atoms with Gasteiger partial charge in [0.05, 0.1) is 21.2 Å². The van der Waals surface area contributed by atoms with Crippen LogP contribution >= 0.6 is 11.6 Å². The fourth-order valence-corrected chi connectivity index (χ4v) is 2.39. The predicted octanol–water partition coefficient (Wildman–Crippen LogP) is 2.92. The lowest BCUT2D eigenvalue weighted by Gasteiger charge is -2.07. The molecule has 0 saturated carbocycles. The van der Waals surface area contributed by atoms with Crippen LogP contribution in [0.5, 0.6) is 0 Å². The van der Waals surface area contributed by atoms with Gasteiger partial charge in [0.1, 0.15) is 0 Å². The maximum absolute atomic E-state index is 12.1. The van der Waals surface area contributed by atoms with Gasteiger partial charge in [-0.2, -0.15) is 5.10 Å². The number of benzene rings is 2. The number of hydrogen-bond donors (Lipinski definition) is 2. The lowest BCUT2D eigenvalue weighted by atomic mass is 10.2. The Hall–Kier alpha value is -3.46. The summed E-state index contributed by atoms with van der Waals surface area (Å²) in [4.78, 5) is 34.2. The highest BCUT2D eigenvalue weighted by Gasteiger charge is 2.18. The number of aromatic nitrogens is 2. The quantitative estimate of drug-likeness (QED) is 0.401. The monoisotopic (exact) mass is 374 g/mol. The highest BCUT2D eigenvalue weighted by atomic mass is 35.5. The van der Waals surface area contributed by atoms with Crippen LogP contribution in [0.4, 0.5) is 11.4 Å². The maximum atomic E-state index is 12.1. The second kappa shape index (κ2) is 7.19. The second-order valence-corrected chi connectivity index (χ2v) is 5.57. The van der Waals surface area contributed by atoms with Crippen molar-refractivity contribution < 1.29 is 19.2 Å². The fourth-order valence-electron chi connectivity index (χ4n) is 2.23. The predicted molar refractivity (Wildman–Crippen MR) is 93.1 cm³/mol. The molecular formula is C16H11ClN4O5. The Labute approximate surface area is 151 Å². The molecule has 9 nitrogen and oxygen atoms in total. The first kappa shape index (κ1) is 17.4. The van der Waals surface area contributed by atoms with Crippen molar-refractivity contribution in [3.63, 3.8) is 0 Å². The molecule has 2 N–H and O–H groups in total. The zero-order chi connectivity index (χ0) is 18.7. The second-order valence-electron chi connectivity index (χ2n) is 5.16. The Morgan fingerprint density at radius 2 is 2.04 bits per heavy atom. The molecule has 0 bridgehead atoms. The van der Waals surface area contributed by atoms with Crippen LogP contribution in [0.2, 0.25) is 5.02 Å². The SMILES string of the molecule is O=C(COC(=O)c1n[nH]c2ccccc12)Nc1cc([N+](=O)[O-])ccc1Cl. The van der Waals surface area contributed by atoms with Gasteiger partial charge in [-0.05, 0) is 12.1 Å². The number of nitrogens with zero attached hydrogens (tertiary/aromatic N) is 2. The number of amides is 1. The molecule has 3 rings (SSSR count). The number of carbonyl (C=O) groups is 2. The molecule has 0 saturated heterocycles. The van der Waals surface area contributed by atoms with E-state index in [9.17, 15) is 19.7 Å². The number of nitro benzene ring substituents is 1. The number of hydrogen-bond acceptors (Lipinski definition) is 6. The van der Waals surface area contributed by atoms with Crippen LogP contribution in [0, 0.1) is 10.1 Å². The van der Waals surface area contributed by atoms with Gasteiger partial charge in [-0.1, -0.05) is 29.8 Å². The number of halogens is 1. The van der Waals surface area contributed by atoms with E-state index in [2.05, 4.69) is 15.5 Å². The number of aromatic amines is 1. The average Bonchev–Trinajstić information content (AvgIpc) is 3.05. The summed E-state index contributed by atoms with van der Waals surface area (Å²) in [6.45, 7) is -0.598. The molecule has 0 spiro atoms. The van der Waals surface area contributed by atoms with Crippen molar-refractivity contribution in [1.29, 1.82) is 0 Å². The van der Waals surface area contributed by atoms with Crippen molar-refractivity contribution in [2.75, 3.05) is 11.9 Å². The lowest BCUT2D eigenvalue weighted by Crippen LogP contribution is -2.21. The third-order valence-electron chi connectivity index (χ3n) is 3.43. The summed E-state index contributed by atoms with van der Waals surface area (Å²) < 4.78 is 4.94. The van der Waals surface area contributed by atoms with Gasteiger partial charge in [-0.3, -0.25) is 20.0 Å². The number of carbonyl (C=O) groups excluding carboxylic acids is 2. The van der Waals surface area contributed by atoms with Crippen LogP contribution in [0.1, 0.15) is 10.5 Å². The van der Waals surface area contributed by atoms with Gasteiger partial charge in [0.15, 0.2) is 12.3 Å². The molecule has 26 heavy (non-hydrogen) atoms. The normalized spacial score (nSPS) is 10.5. The summed E-state index contributed by atoms with van der Waals surface area (Å²) in [5, 5.41) is 20.4. The molecule has 0 aliphatic rings. The molecule has 1 heterocycles. The zero-order valence-electron chi connectivity index (χ0n) is 13.1. The number of nitrogens with one attached hydrogen (secondary N) is 2. The van der Waals surface area contributed by atoms with Crippen LogP contribution in [-0.2, 0) is 9.53 Å². The van der Waals surface area contributed by atoms with E-state index in [1.54, 1.807) is 24.3 Å². The number of fused-ring (bicyclic) bond motifs is 1. The van der Waals surface area contributed by atoms with E-state index in [4.69, 9.17) is 16.3 Å². The van der Waals surface area contributed by atoms with Gasteiger partial charge in [0, 0.05) is 17.5 Å². The van der Waals surface area contributed by atoms with Crippen LogP contribution in [-0.4, -0.2) is 33.6 Å². The molecule has 1 amide bonds. The van der Waals surface area contributed by atoms with Crippen LogP contribution in [0.15, 0.2) is 42.5 Å². The Morgan fingerprint density at radius 3 is 2.81 bits per heavy atom. The zero-order valence-corrected chi connectivity index (χ0v) is 13.8. The number of H-pyrrole nitrogens is 1. The third-order valence-corrected chi connectivity index (χ3v) is 3.76. The van der Waals surface area contributed by atoms with Crippen molar-refractivity contribution >= 4 is 45.8 Å². The highest BCUT2D eigenvalue weighted by Crippen LogP contribution is 2.26. The Balaban J connectivity index is 1.65. The number of esters is 1. The molecule has 0 unspecified atom stereocenters. The summed E-state index contributed by atoms with van der Waals surface area (Å²) in [5.41, 5.74) is 0.533. The maximum Gasteiger partial charge on any atom is 0.359 e. The number of para-hydroxylation sites is 1. The van der Waals surface area contributed by atoms with Crippen molar-refractivity contribution in [3.8, 4) is 0 Å². The Morgan fingerprint density at radius 1 is 1.27 bits per heavy atom. The topological polar surface area (TPSA) is 127 Å². The summed E-state index contributed by atoms with van der Waals surface area (Å²) in [5.74, 6) is -1.47.